The average molecular weight is 340 g/mol. The summed E-state index contributed by atoms with van der Waals surface area (Å²) in [6.07, 6.45) is 0. The first-order valence-corrected chi connectivity index (χ1v) is 7.66. The maximum Gasteiger partial charge on any atom is 0.246 e. The molecule has 1 fully saturated rings. The normalized spacial score (nSPS) is 23.7. The zero-order chi connectivity index (χ0) is 14.1. The number of rotatable bonds is 3. The molecule has 0 aromatic heterocycles. The monoisotopic (exact) mass is 339 g/mol. The molecule has 20 heavy (non-hydrogen) atoms. The fraction of sp³-hybridized carbons (Fsp3) is 0.500. The van der Waals surface area contributed by atoms with E-state index >= 15 is 0 Å². The second-order valence-corrected chi connectivity index (χ2v) is 6.14. The molecule has 1 atom stereocenters. The topological polar surface area (TPSA) is 55.8 Å². The lowest BCUT2D eigenvalue weighted by molar-refractivity contribution is -0.121. The number of hydrogen-bond donors (Lipinski definition) is 2. The number of hydrogen-bond acceptors (Lipinski definition) is 4. The van der Waals surface area contributed by atoms with E-state index in [1.54, 1.807) is 0 Å². The summed E-state index contributed by atoms with van der Waals surface area (Å²) in [7, 11) is 0. The summed E-state index contributed by atoms with van der Waals surface area (Å²) in [5.74, 6) is 0.0636. The van der Waals surface area contributed by atoms with Gasteiger partial charge < -0.3 is 10.4 Å². The Morgan fingerprint density at radius 3 is 2.75 bits per heavy atom. The number of aliphatic hydroxyl groups excluding tert-OH is 1. The van der Waals surface area contributed by atoms with Crippen LogP contribution in [0.1, 0.15) is 11.6 Å². The molecule has 1 saturated heterocycles. The molecule has 2 heterocycles. The fourth-order valence-corrected chi connectivity index (χ4v) is 3.33. The van der Waals surface area contributed by atoms with Crippen molar-refractivity contribution in [3.63, 3.8) is 0 Å². The molecular weight excluding hydrogens is 322 g/mol. The van der Waals surface area contributed by atoms with Crippen molar-refractivity contribution in [2.75, 3.05) is 44.6 Å². The molecule has 6 heteroatoms. The number of carbonyl (C=O) groups is 1. The van der Waals surface area contributed by atoms with Crippen LogP contribution in [0.4, 0.5) is 5.69 Å². The summed E-state index contributed by atoms with van der Waals surface area (Å²) in [6.45, 7) is 4.42. The van der Waals surface area contributed by atoms with Gasteiger partial charge in [0.2, 0.25) is 5.91 Å². The van der Waals surface area contributed by atoms with Crippen molar-refractivity contribution in [3.8, 4) is 0 Å². The Hall–Kier alpha value is -0.950. The third-order valence-electron chi connectivity index (χ3n) is 4.00. The van der Waals surface area contributed by atoms with Crippen molar-refractivity contribution >= 4 is 27.5 Å². The van der Waals surface area contributed by atoms with Gasteiger partial charge in [0.25, 0.3) is 0 Å². The van der Waals surface area contributed by atoms with Crippen molar-refractivity contribution in [2.45, 2.75) is 6.04 Å². The summed E-state index contributed by atoms with van der Waals surface area (Å²) >= 11 is 3.43. The molecule has 0 saturated carbocycles. The smallest absolute Gasteiger partial charge is 0.246 e. The van der Waals surface area contributed by atoms with Crippen LogP contribution in [-0.4, -0.2) is 60.1 Å². The molecule has 1 aromatic carbocycles. The standard InChI is InChI=1S/C14H18BrN3O2/c15-10-1-2-11-12(9-10)16-14(20)13(11)18-5-3-17(4-6-18)7-8-19/h1-2,9,13,19H,3-8H2,(H,16,20). The highest BCUT2D eigenvalue weighted by Gasteiger charge is 2.36. The van der Waals surface area contributed by atoms with Gasteiger partial charge in [-0.15, -0.1) is 0 Å². The molecule has 3 rings (SSSR count). The Bertz CT molecular complexity index is 515. The molecule has 0 radical (unpaired) electrons. The number of piperazine rings is 1. The molecule has 2 N–H and O–H groups in total. The van der Waals surface area contributed by atoms with E-state index in [2.05, 4.69) is 31.0 Å². The Balaban J connectivity index is 1.74. The van der Waals surface area contributed by atoms with Crippen LogP contribution in [0.5, 0.6) is 0 Å². The predicted octanol–water partition coefficient (Wildman–Crippen LogP) is 1.05. The minimum atomic E-state index is -0.172. The lowest BCUT2D eigenvalue weighted by Crippen LogP contribution is -2.49. The molecule has 2 aliphatic rings. The number of halogens is 1. The van der Waals surface area contributed by atoms with E-state index in [0.717, 1.165) is 41.9 Å². The third-order valence-corrected chi connectivity index (χ3v) is 4.50. The number of fused-ring (bicyclic) bond motifs is 1. The summed E-state index contributed by atoms with van der Waals surface area (Å²) in [5.41, 5.74) is 1.97. The lowest BCUT2D eigenvalue weighted by atomic mass is 10.1. The zero-order valence-electron chi connectivity index (χ0n) is 11.2. The van der Waals surface area contributed by atoms with E-state index < -0.39 is 0 Å². The number of carbonyl (C=O) groups excluding carboxylic acids is 1. The molecular formula is C14H18BrN3O2. The molecule has 1 amide bonds. The van der Waals surface area contributed by atoms with Crippen molar-refractivity contribution in [3.05, 3.63) is 28.2 Å². The van der Waals surface area contributed by atoms with Crippen LogP contribution in [0.2, 0.25) is 0 Å². The number of anilines is 1. The lowest BCUT2D eigenvalue weighted by Gasteiger charge is -2.36. The minimum absolute atomic E-state index is 0.0636. The predicted molar refractivity (Wildman–Crippen MR) is 80.6 cm³/mol. The first-order chi connectivity index (χ1) is 9.69. The summed E-state index contributed by atoms with van der Waals surface area (Å²) in [5, 5.41) is 11.9. The van der Waals surface area contributed by atoms with Gasteiger partial charge >= 0.3 is 0 Å². The van der Waals surface area contributed by atoms with Crippen molar-refractivity contribution < 1.29 is 9.90 Å². The van der Waals surface area contributed by atoms with E-state index in [-0.39, 0.29) is 18.6 Å². The van der Waals surface area contributed by atoms with Gasteiger partial charge in [-0.1, -0.05) is 22.0 Å². The highest BCUT2D eigenvalue weighted by Crippen LogP contribution is 2.36. The molecule has 1 aromatic rings. The van der Waals surface area contributed by atoms with Gasteiger partial charge in [0.15, 0.2) is 0 Å². The van der Waals surface area contributed by atoms with Gasteiger partial charge in [0.05, 0.1) is 6.61 Å². The van der Waals surface area contributed by atoms with E-state index in [0.29, 0.717) is 6.54 Å². The highest BCUT2D eigenvalue weighted by atomic mass is 79.9. The van der Waals surface area contributed by atoms with E-state index in [1.807, 2.05) is 18.2 Å². The van der Waals surface area contributed by atoms with Gasteiger partial charge in [-0.05, 0) is 12.1 Å². The van der Waals surface area contributed by atoms with E-state index in [1.165, 1.54) is 0 Å². The first-order valence-electron chi connectivity index (χ1n) is 6.86. The Kier molecular flexibility index (Phi) is 4.07. The van der Waals surface area contributed by atoms with Crippen molar-refractivity contribution in [1.29, 1.82) is 0 Å². The summed E-state index contributed by atoms with van der Waals surface area (Å²) in [4.78, 5) is 16.7. The average Bonchev–Trinajstić information content (AvgIpc) is 2.75. The quantitative estimate of drug-likeness (QED) is 0.864. The number of nitrogens with zero attached hydrogens (tertiary/aromatic N) is 2. The number of nitrogens with one attached hydrogen (secondary N) is 1. The van der Waals surface area contributed by atoms with E-state index in [9.17, 15) is 4.79 Å². The maximum absolute atomic E-state index is 12.2. The van der Waals surface area contributed by atoms with Crippen molar-refractivity contribution in [2.24, 2.45) is 0 Å². The molecule has 0 bridgehead atoms. The third kappa shape index (κ3) is 2.61. The van der Waals surface area contributed by atoms with Crippen LogP contribution >= 0.6 is 15.9 Å². The Labute approximate surface area is 126 Å². The molecule has 0 aliphatic carbocycles. The Morgan fingerprint density at radius 2 is 2.05 bits per heavy atom. The number of β-amino-alcohol motifs (C(OH)–C–C–N with tert-alkyl or cyclic N) is 1. The number of benzene rings is 1. The van der Waals surface area contributed by atoms with Crippen LogP contribution < -0.4 is 5.32 Å². The zero-order valence-corrected chi connectivity index (χ0v) is 12.8. The molecule has 2 aliphatic heterocycles. The van der Waals surface area contributed by atoms with Crippen LogP contribution in [0.15, 0.2) is 22.7 Å². The maximum atomic E-state index is 12.2. The van der Waals surface area contributed by atoms with Crippen LogP contribution in [0.25, 0.3) is 0 Å². The minimum Gasteiger partial charge on any atom is -0.395 e. The van der Waals surface area contributed by atoms with Gasteiger partial charge in [0, 0.05) is 48.4 Å². The van der Waals surface area contributed by atoms with Crippen molar-refractivity contribution in [1.82, 2.24) is 9.80 Å². The second-order valence-electron chi connectivity index (χ2n) is 5.22. The Morgan fingerprint density at radius 1 is 1.30 bits per heavy atom. The summed E-state index contributed by atoms with van der Waals surface area (Å²) < 4.78 is 0.977. The van der Waals surface area contributed by atoms with E-state index in [4.69, 9.17) is 5.11 Å². The van der Waals surface area contributed by atoms with Gasteiger partial charge in [-0.3, -0.25) is 14.6 Å². The number of amides is 1. The molecule has 1 unspecified atom stereocenters. The molecule has 0 spiro atoms. The summed E-state index contributed by atoms with van der Waals surface area (Å²) in [6, 6.07) is 5.78. The van der Waals surface area contributed by atoms with Gasteiger partial charge in [0.1, 0.15) is 6.04 Å². The fourth-order valence-electron chi connectivity index (χ4n) is 2.97. The molecule has 108 valence electrons. The van der Waals surface area contributed by atoms with Crippen LogP contribution in [0.3, 0.4) is 0 Å². The first kappa shape index (κ1) is 14.0. The highest BCUT2D eigenvalue weighted by molar-refractivity contribution is 9.10. The van der Waals surface area contributed by atoms with Crippen LogP contribution in [0, 0.1) is 0 Å². The second kappa shape index (κ2) is 5.81. The number of aliphatic hydroxyl groups is 1. The SMILES string of the molecule is O=C1Nc2cc(Br)ccc2C1N1CCN(CCO)CC1. The molecule has 5 nitrogen and oxygen atoms in total. The van der Waals surface area contributed by atoms with Gasteiger partial charge in [-0.25, -0.2) is 0 Å². The van der Waals surface area contributed by atoms with Crippen LogP contribution in [-0.2, 0) is 4.79 Å². The largest absolute Gasteiger partial charge is 0.395 e. The van der Waals surface area contributed by atoms with Gasteiger partial charge in [-0.2, -0.15) is 0 Å².